The number of nitrogens with one attached hydrogen (secondary N) is 1. The van der Waals surface area contributed by atoms with Crippen molar-refractivity contribution in [3.05, 3.63) is 29.3 Å². The Hall–Kier alpha value is -1.35. The lowest BCUT2D eigenvalue weighted by atomic mass is 10.1. The first kappa shape index (κ1) is 16.7. The van der Waals surface area contributed by atoms with Crippen LogP contribution < -0.4 is 4.72 Å². The number of aliphatic hydroxyl groups is 1. The summed E-state index contributed by atoms with van der Waals surface area (Å²) in [5.74, 6) is 5.44. The Morgan fingerprint density at radius 1 is 1.30 bits per heavy atom. The van der Waals surface area contributed by atoms with Crippen LogP contribution in [0.4, 0.5) is 0 Å². The van der Waals surface area contributed by atoms with Gasteiger partial charge in [-0.05, 0) is 37.5 Å². The van der Waals surface area contributed by atoms with Gasteiger partial charge < -0.3 is 5.11 Å². The Labute approximate surface area is 121 Å². The van der Waals surface area contributed by atoms with Crippen LogP contribution in [0.25, 0.3) is 0 Å². The van der Waals surface area contributed by atoms with Gasteiger partial charge in [-0.15, -0.1) is 0 Å². The minimum atomic E-state index is -3.56. The average Bonchev–Trinajstić information content (AvgIpc) is 2.36. The standard InChI is InChI=1S/C15H21NO3S/c1-11(2)13(4)16-20(18,19)15-10-14(6-5-9-17)8-7-12(15)3/h7-8,10-11,13,16-17H,9H2,1-4H3. The van der Waals surface area contributed by atoms with E-state index in [0.29, 0.717) is 11.1 Å². The Bertz CT molecular complexity index is 624. The van der Waals surface area contributed by atoms with E-state index < -0.39 is 10.0 Å². The van der Waals surface area contributed by atoms with E-state index in [4.69, 9.17) is 5.11 Å². The summed E-state index contributed by atoms with van der Waals surface area (Å²) in [5.41, 5.74) is 1.24. The van der Waals surface area contributed by atoms with Crippen LogP contribution >= 0.6 is 0 Å². The van der Waals surface area contributed by atoms with Gasteiger partial charge in [-0.1, -0.05) is 31.8 Å². The maximum absolute atomic E-state index is 12.4. The lowest BCUT2D eigenvalue weighted by molar-refractivity contribution is 0.350. The molecule has 0 aliphatic rings. The summed E-state index contributed by atoms with van der Waals surface area (Å²) in [6, 6.07) is 4.85. The smallest absolute Gasteiger partial charge is 0.241 e. The van der Waals surface area contributed by atoms with Gasteiger partial charge >= 0.3 is 0 Å². The quantitative estimate of drug-likeness (QED) is 0.830. The molecule has 0 fully saturated rings. The van der Waals surface area contributed by atoms with Crippen molar-refractivity contribution in [3.8, 4) is 11.8 Å². The molecule has 1 rings (SSSR count). The predicted molar refractivity (Wildman–Crippen MR) is 79.8 cm³/mol. The van der Waals surface area contributed by atoms with Crippen molar-refractivity contribution >= 4 is 10.0 Å². The SMILES string of the molecule is Cc1ccc(C#CCO)cc1S(=O)(=O)NC(C)C(C)C. The summed E-state index contributed by atoms with van der Waals surface area (Å²) in [4.78, 5) is 0.231. The first-order chi connectivity index (χ1) is 9.27. The van der Waals surface area contributed by atoms with Gasteiger partial charge in [0.05, 0.1) is 4.90 Å². The van der Waals surface area contributed by atoms with E-state index in [1.807, 2.05) is 20.8 Å². The van der Waals surface area contributed by atoms with Crippen LogP contribution in [0.5, 0.6) is 0 Å². The summed E-state index contributed by atoms with van der Waals surface area (Å²) >= 11 is 0. The van der Waals surface area contributed by atoms with Crippen molar-refractivity contribution < 1.29 is 13.5 Å². The van der Waals surface area contributed by atoms with E-state index in [2.05, 4.69) is 16.6 Å². The third kappa shape index (κ3) is 4.34. The number of benzene rings is 1. The van der Waals surface area contributed by atoms with E-state index in [1.165, 1.54) is 6.07 Å². The largest absolute Gasteiger partial charge is 0.384 e. The fourth-order valence-corrected chi connectivity index (χ4v) is 3.22. The molecule has 0 aliphatic carbocycles. The van der Waals surface area contributed by atoms with Gasteiger partial charge in [-0.2, -0.15) is 0 Å². The number of hydrogen-bond donors (Lipinski definition) is 2. The van der Waals surface area contributed by atoms with Gasteiger partial charge in [0.2, 0.25) is 10.0 Å². The summed E-state index contributed by atoms with van der Waals surface area (Å²) < 4.78 is 27.4. The van der Waals surface area contributed by atoms with E-state index in [-0.39, 0.29) is 23.5 Å². The molecule has 0 saturated heterocycles. The van der Waals surface area contributed by atoms with Gasteiger partial charge in [0.1, 0.15) is 6.61 Å². The molecule has 0 heterocycles. The molecule has 0 amide bonds. The first-order valence-corrected chi connectivity index (χ1v) is 7.99. The normalized spacial score (nSPS) is 12.9. The molecule has 1 aromatic carbocycles. The van der Waals surface area contributed by atoms with Gasteiger partial charge in [0.25, 0.3) is 0 Å². The van der Waals surface area contributed by atoms with Crippen LogP contribution in [-0.2, 0) is 10.0 Å². The molecule has 1 atom stereocenters. The highest BCUT2D eigenvalue weighted by molar-refractivity contribution is 7.89. The highest BCUT2D eigenvalue weighted by Crippen LogP contribution is 2.18. The third-order valence-corrected chi connectivity index (χ3v) is 4.83. The number of aryl methyl sites for hydroxylation is 1. The zero-order valence-corrected chi connectivity index (χ0v) is 13.1. The molecule has 110 valence electrons. The predicted octanol–water partition coefficient (Wildman–Crippen LogP) is 1.66. The minimum Gasteiger partial charge on any atom is -0.384 e. The van der Waals surface area contributed by atoms with Crippen LogP contribution in [-0.4, -0.2) is 26.2 Å². The summed E-state index contributed by atoms with van der Waals surface area (Å²) in [5, 5.41) is 8.69. The van der Waals surface area contributed by atoms with Crippen LogP contribution in [0.15, 0.2) is 23.1 Å². The average molecular weight is 295 g/mol. The summed E-state index contributed by atoms with van der Waals surface area (Å²) in [6.07, 6.45) is 0. The Kier molecular flexibility index (Phi) is 5.75. The lowest BCUT2D eigenvalue weighted by Gasteiger charge is -2.18. The molecule has 2 N–H and O–H groups in total. The molecule has 0 saturated carbocycles. The molecule has 0 radical (unpaired) electrons. The Morgan fingerprint density at radius 3 is 2.50 bits per heavy atom. The Balaban J connectivity index is 3.17. The molecule has 0 aliphatic heterocycles. The Morgan fingerprint density at radius 2 is 1.95 bits per heavy atom. The van der Waals surface area contributed by atoms with Crippen molar-refractivity contribution in [2.75, 3.05) is 6.61 Å². The topological polar surface area (TPSA) is 66.4 Å². The maximum atomic E-state index is 12.4. The molecule has 5 heteroatoms. The molecule has 0 aromatic heterocycles. The second kappa shape index (κ2) is 6.89. The fourth-order valence-electron chi connectivity index (χ4n) is 1.55. The zero-order valence-electron chi connectivity index (χ0n) is 12.3. The van der Waals surface area contributed by atoms with Crippen molar-refractivity contribution in [3.63, 3.8) is 0 Å². The highest BCUT2D eigenvalue weighted by atomic mass is 32.2. The minimum absolute atomic E-state index is 0.147. The van der Waals surface area contributed by atoms with E-state index >= 15 is 0 Å². The van der Waals surface area contributed by atoms with E-state index in [0.717, 1.165) is 0 Å². The van der Waals surface area contributed by atoms with Gasteiger partial charge in [0, 0.05) is 11.6 Å². The number of sulfonamides is 1. The molecule has 1 unspecified atom stereocenters. The van der Waals surface area contributed by atoms with Gasteiger partial charge in [0.15, 0.2) is 0 Å². The second-order valence-corrected chi connectivity index (χ2v) is 6.78. The molecular weight excluding hydrogens is 274 g/mol. The summed E-state index contributed by atoms with van der Waals surface area (Å²) in [7, 11) is -3.56. The molecular formula is C15H21NO3S. The third-order valence-electron chi connectivity index (χ3n) is 3.13. The van der Waals surface area contributed by atoms with Crippen LogP contribution in [0.1, 0.15) is 31.9 Å². The monoisotopic (exact) mass is 295 g/mol. The molecule has 4 nitrogen and oxygen atoms in total. The van der Waals surface area contributed by atoms with Crippen LogP contribution in [0, 0.1) is 24.7 Å². The fraction of sp³-hybridized carbons (Fsp3) is 0.467. The lowest BCUT2D eigenvalue weighted by Crippen LogP contribution is -2.36. The molecule has 1 aromatic rings. The number of aliphatic hydroxyl groups excluding tert-OH is 1. The molecule has 20 heavy (non-hydrogen) atoms. The number of rotatable bonds is 4. The second-order valence-electron chi connectivity index (χ2n) is 5.09. The van der Waals surface area contributed by atoms with Crippen molar-refractivity contribution in [1.29, 1.82) is 0 Å². The van der Waals surface area contributed by atoms with E-state index in [1.54, 1.807) is 19.1 Å². The summed E-state index contributed by atoms with van der Waals surface area (Å²) in [6.45, 7) is 7.26. The molecule has 0 bridgehead atoms. The van der Waals surface area contributed by atoms with Crippen molar-refractivity contribution in [1.82, 2.24) is 4.72 Å². The maximum Gasteiger partial charge on any atom is 0.241 e. The number of hydrogen-bond acceptors (Lipinski definition) is 3. The van der Waals surface area contributed by atoms with Crippen LogP contribution in [0.2, 0.25) is 0 Å². The zero-order chi connectivity index (χ0) is 15.3. The van der Waals surface area contributed by atoms with Crippen molar-refractivity contribution in [2.24, 2.45) is 5.92 Å². The van der Waals surface area contributed by atoms with Gasteiger partial charge in [-0.25, -0.2) is 13.1 Å². The van der Waals surface area contributed by atoms with Crippen LogP contribution in [0.3, 0.4) is 0 Å². The first-order valence-electron chi connectivity index (χ1n) is 6.50. The van der Waals surface area contributed by atoms with E-state index in [9.17, 15) is 8.42 Å². The van der Waals surface area contributed by atoms with Gasteiger partial charge in [-0.3, -0.25) is 0 Å². The molecule has 0 spiro atoms. The van der Waals surface area contributed by atoms with Crippen molar-refractivity contribution in [2.45, 2.75) is 38.6 Å². The highest BCUT2D eigenvalue weighted by Gasteiger charge is 2.21.